The van der Waals surface area contributed by atoms with E-state index in [1.165, 1.54) is 0 Å². The van der Waals surface area contributed by atoms with E-state index in [0.29, 0.717) is 12.6 Å². The zero-order valence-corrected chi connectivity index (χ0v) is 12.4. The second-order valence-electron chi connectivity index (χ2n) is 4.72. The van der Waals surface area contributed by atoms with E-state index in [1.54, 1.807) is 23.7 Å². The number of hydrogen-bond donors (Lipinski definition) is 1. The summed E-state index contributed by atoms with van der Waals surface area (Å²) in [5.74, 6) is 0. The fourth-order valence-electron chi connectivity index (χ4n) is 2.13. The molecule has 0 aliphatic carbocycles. The highest BCUT2D eigenvalue weighted by atomic mass is 32.1. The molecule has 4 aromatic rings. The maximum Gasteiger partial charge on any atom is 0.296 e. The number of para-hydroxylation sites is 2. The number of benzene rings is 1. The van der Waals surface area contributed by atoms with Gasteiger partial charge in [0.2, 0.25) is 0 Å². The number of anilines is 1. The van der Waals surface area contributed by atoms with Crippen molar-refractivity contribution in [3.63, 3.8) is 0 Å². The van der Waals surface area contributed by atoms with Gasteiger partial charge >= 0.3 is 0 Å². The molecule has 0 radical (unpaired) electrons. The Hall–Kier alpha value is -2.73. The number of oxazole rings is 1. The molecule has 0 saturated heterocycles. The van der Waals surface area contributed by atoms with Crippen molar-refractivity contribution in [2.75, 3.05) is 5.32 Å². The first kappa shape index (κ1) is 13.0. The average molecular weight is 308 g/mol. The maximum atomic E-state index is 5.63. The van der Waals surface area contributed by atoms with Crippen LogP contribution in [-0.4, -0.2) is 15.0 Å². The van der Waals surface area contributed by atoms with Gasteiger partial charge in [-0.2, -0.15) is 4.98 Å². The fourth-order valence-corrected chi connectivity index (χ4v) is 2.96. The Morgan fingerprint density at radius 2 is 1.91 bits per heavy atom. The number of nitrogens with zero attached hydrogens (tertiary/aromatic N) is 3. The average Bonchev–Trinajstić information content (AvgIpc) is 3.20. The van der Waals surface area contributed by atoms with E-state index in [4.69, 9.17) is 4.42 Å². The quantitative estimate of drug-likeness (QED) is 0.618. The molecule has 0 fully saturated rings. The van der Waals surface area contributed by atoms with Crippen LogP contribution in [0.25, 0.3) is 21.7 Å². The van der Waals surface area contributed by atoms with Crippen LogP contribution in [0.4, 0.5) is 6.01 Å². The molecule has 0 unspecified atom stereocenters. The first-order chi connectivity index (χ1) is 10.9. The minimum absolute atomic E-state index is 0.514. The Balaban J connectivity index is 1.49. The van der Waals surface area contributed by atoms with E-state index < -0.39 is 0 Å². The van der Waals surface area contributed by atoms with Gasteiger partial charge in [0.1, 0.15) is 10.5 Å². The summed E-state index contributed by atoms with van der Waals surface area (Å²) in [5.41, 5.74) is 3.66. The number of pyridine rings is 1. The molecular weight excluding hydrogens is 296 g/mol. The zero-order valence-electron chi connectivity index (χ0n) is 11.6. The molecule has 3 aromatic heterocycles. The van der Waals surface area contributed by atoms with Crippen molar-refractivity contribution in [2.45, 2.75) is 6.54 Å². The second-order valence-corrected chi connectivity index (χ2v) is 5.58. The molecule has 5 nitrogen and oxygen atoms in total. The van der Waals surface area contributed by atoms with Crippen molar-refractivity contribution >= 4 is 28.5 Å². The summed E-state index contributed by atoms with van der Waals surface area (Å²) in [7, 11) is 0. The molecule has 22 heavy (non-hydrogen) atoms. The highest BCUT2D eigenvalue weighted by Gasteiger charge is 2.07. The van der Waals surface area contributed by atoms with Crippen molar-refractivity contribution in [1.29, 1.82) is 0 Å². The molecule has 0 saturated carbocycles. The van der Waals surface area contributed by atoms with Crippen molar-refractivity contribution < 1.29 is 4.42 Å². The molecule has 0 spiro atoms. The Kier molecular flexibility index (Phi) is 3.29. The van der Waals surface area contributed by atoms with Gasteiger partial charge in [-0.3, -0.25) is 4.98 Å². The maximum absolute atomic E-state index is 5.63. The molecule has 1 aromatic carbocycles. The molecule has 0 amide bonds. The predicted octanol–water partition coefficient (Wildman–Crippen LogP) is 3.96. The first-order valence-electron chi connectivity index (χ1n) is 6.83. The van der Waals surface area contributed by atoms with Gasteiger partial charge in [-0.05, 0) is 24.3 Å². The lowest BCUT2D eigenvalue weighted by Crippen LogP contribution is -1.99. The van der Waals surface area contributed by atoms with E-state index in [2.05, 4.69) is 20.3 Å². The van der Waals surface area contributed by atoms with Crippen molar-refractivity contribution in [1.82, 2.24) is 15.0 Å². The van der Waals surface area contributed by atoms with Crippen LogP contribution in [0, 0.1) is 0 Å². The van der Waals surface area contributed by atoms with E-state index in [1.807, 2.05) is 41.8 Å². The zero-order chi connectivity index (χ0) is 14.8. The predicted molar refractivity (Wildman–Crippen MR) is 86.7 cm³/mol. The van der Waals surface area contributed by atoms with Crippen LogP contribution in [0.1, 0.15) is 5.69 Å². The lowest BCUT2D eigenvalue weighted by molar-refractivity contribution is 0.614. The van der Waals surface area contributed by atoms with Crippen LogP contribution in [-0.2, 0) is 6.54 Å². The Bertz CT molecular complexity index is 868. The summed E-state index contributed by atoms with van der Waals surface area (Å²) >= 11 is 1.61. The van der Waals surface area contributed by atoms with Crippen LogP contribution in [0.3, 0.4) is 0 Å². The van der Waals surface area contributed by atoms with Gasteiger partial charge in [0.25, 0.3) is 6.01 Å². The van der Waals surface area contributed by atoms with E-state index in [-0.39, 0.29) is 0 Å². The summed E-state index contributed by atoms with van der Waals surface area (Å²) in [6, 6.07) is 12.1. The summed E-state index contributed by atoms with van der Waals surface area (Å²) in [6.07, 6.45) is 3.54. The van der Waals surface area contributed by atoms with Gasteiger partial charge < -0.3 is 9.73 Å². The van der Waals surface area contributed by atoms with Gasteiger partial charge in [-0.25, -0.2) is 4.98 Å². The number of fused-ring (bicyclic) bond motifs is 1. The fraction of sp³-hybridized carbons (Fsp3) is 0.0625. The molecule has 0 aliphatic rings. The summed E-state index contributed by atoms with van der Waals surface area (Å²) in [6.45, 7) is 0.578. The Labute approximate surface area is 130 Å². The Morgan fingerprint density at radius 3 is 2.77 bits per heavy atom. The molecule has 0 bridgehead atoms. The SMILES string of the molecule is c1ccc2oc(NCc3csc(-c4ccncc4)n3)nc2c1. The largest absolute Gasteiger partial charge is 0.424 e. The third kappa shape index (κ3) is 2.56. The molecule has 0 atom stereocenters. The molecule has 4 rings (SSSR count). The van der Waals surface area contributed by atoms with Gasteiger partial charge in [0.05, 0.1) is 12.2 Å². The van der Waals surface area contributed by atoms with Crippen LogP contribution in [0.2, 0.25) is 0 Å². The normalized spacial score (nSPS) is 10.9. The van der Waals surface area contributed by atoms with Gasteiger partial charge in [0, 0.05) is 23.3 Å². The van der Waals surface area contributed by atoms with E-state index in [9.17, 15) is 0 Å². The number of rotatable bonds is 4. The molecule has 1 N–H and O–H groups in total. The summed E-state index contributed by atoms with van der Waals surface area (Å²) in [5, 5.41) is 6.19. The first-order valence-corrected chi connectivity index (χ1v) is 7.71. The van der Waals surface area contributed by atoms with Crippen LogP contribution in [0.15, 0.2) is 58.6 Å². The van der Waals surface area contributed by atoms with Gasteiger partial charge in [0.15, 0.2) is 5.58 Å². The van der Waals surface area contributed by atoms with Crippen LogP contribution in [0.5, 0.6) is 0 Å². The minimum atomic E-state index is 0.514. The summed E-state index contributed by atoms with van der Waals surface area (Å²) in [4.78, 5) is 13.0. The van der Waals surface area contributed by atoms with Crippen molar-refractivity contribution in [3.05, 3.63) is 59.9 Å². The standard InChI is InChI=1S/C16H12N4OS/c1-2-4-14-13(3-1)20-16(21-14)18-9-12-10-22-15(19-12)11-5-7-17-8-6-11/h1-8,10H,9H2,(H,18,20). The topological polar surface area (TPSA) is 63.8 Å². The highest BCUT2D eigenvalue weighted by Crippen LogP contribution is 2.24. The number of nitrogens with one attached hydrogen (secondary N) is 1. The monoisotopic (exact) mass is 308 g/mol. The van der Waals surface area contributed by atoms with Crippen molar-refractivity contribution in [3.8, 4) is 10.6 Å². The molecular formula is C16H12N4OS. The number of thiazole rings is 1. The lowest BCUT2D eigenvalue weighted by atomic mass is 10.3. The number of aromatic nitrogens is 3. The Morgan fingerprint density at radius 1 is 1.05 bits per heavy atom. The molecule has 0 aliphatic heterocycles. The van der Waals surface area contributed by atoms with Crippen molar-refractivity contribution in [2.24, 2.45) is 0 Å². The minimum Gasteiger partial charge on any atom is -0.424 e. The third-order valence-electron chi connectivity index (χ3n) is 3.19. The van der Waals surface area contributed by atoms with E-state index in [0.717, 1.165) is 27.4 Å². The van der Waals surface area contributed by atoms with E-state index >= 15 is 0 Å². The van der Waals surface area contributed by atoms with Crippen LogP contribution >= 0.6 is 11.3 Å². The number of hydrogen-bond acceptors (Lipinski definition) is 6. The lowest BCUT2D eigenvalue weighted by Gasteiger charge is -1.97. The highest BCUT2D eigenvalue weighted by molar-refractivity contribution is 7.13. The molecule has 3 heterocycles. The molecule has 6 heteroatoms. The molecule has 108 valence electrons. The smallest absolute Gasteiger partial charge is 0.296 e. The van der Waals surface area contributed by atoms with Gasteiger partial charge in [-0.1, -0.05) is 12.1 Å². The van der Waals surface area contributed by atoms with Crippen LogP contribution < -0.4 is 5.32 Å². The third-order valence-corrected chi connectivity index (χ3v) is 4.13. The second kappa shape index (κ2) is 5.57. The summed E-state index contributed by atoms with van der Waals surface area (Å²) < 4.78 is 5.63. The van der Waals surface area contributed by atoms with Gasteiger partial charge in [-0.15, -0.1) is 11.3 Å².